The molecule has 0 aliphatic heterocycles. The summed E-state index contributed by atoms with van der Waals surface area (Å²) in [5, 5.41) is 20.2. The summed E-state index contributed by atoms with van der Waals surface area (Å²) in [5.41, 5.74) is 3.00. The number of benzene rings is 3. The molecule has 1 atom stereocenters. The first-order valence-electron chi connectivity index (χ1n) is 10.7. The van der Waals surface area contributed by atoms with Gasteiger partial charge < -0.3 is 4.74 Å². The Balaban J connectivity index is 1.59. The van der Waals surface area contributed by atoms with Gasteiger partial charge in [-0.25, -0.2) is 4.39 Å². The number of thioether (sulfide) groups is 1. The van der Waals surface area contributed by atoms with E-state index in [2.05, 4.69) is 10.2 Å². The molecule has 4 aromatic rings. The van der Waals surface area contributed by atoms with Crippen molar-refractivity contribution in [2.75, 3.05) is 6.54 Å². The lowest BCUT2D eigenvalue weighted by Crippen LogP contribution is -2.11. The zero-order valence-electron chi connectivity index (χ0n) is 19.0. The van der Waals surface area contributed by atoms with Gasteiger partial charge in [-0.05, 0) is 55.3 Å². The zero-order chi connectivity index (χ0) is 24.9. The van der Waals surface area contributed by atoms with E-state index in [4.69, 9.17) is 16.3 Å². The zero-order valence-corrected chi connectivity index (χ0v) is 20.6. The van der Waals surface area contributed by atoms with Crippen LogP contribution < -0.4 is 4.74 Å². The molecule has 7 nitrogen and oxygen atoms in total. The van der Waals surface area contributed by atoms with E-state index < -0.39 is 5.25 Å². The Kier molecular flexibility index (Phi) is 7.67. The van der Waals surface area contributed by atoms with Gasteiger partial charge in [-0.3, -0.25) is 14.7 Å². The lowest BCUT2D eigenvalue weighted by molar-refractivity contribution is -0.479. The third-order valence-corrected chi connectivity index (χ3v) is 6.76. The molecule has 0 unspecified atom stereocenters. The second-order valence-corrected chi connectivity index (χ2v) is 9.47. The van der Waals surface area contributed by atoms with Gasteiger partial charge in [0.2, 0.25) is 6.54 Å². The number of aryl methyl sites for hydroxylation is 2. The Hall–Kier alpha value is -3.43. The summed E-state index contributed by atoms with van der Waals surface area (Å²) in [4.78, 5) is 11.1. The van der Waals surface area contributed by atoms with Crippen molar-refractivity contribution >= 4 is 23.4 Å². The van der Waals surface area contributed by atoms with Crippen molar-refractivity contribution in [3.05, 3.63) is 110 Å². The molecule has 0 fully saturated rings. The Morgan fingerprint density at radius 2 is 1.91 bits per heavy atom. The van der Waals surface area contributed by atoms with Gasteiger partial charge in [0.05, 0.1) is 5.02 Å². The fourth-order valence-electron chi connectivity index (χ4n) is 3.56. The molecule has 0 bridgehead atoms. The van der Waals surface area contributed by atoms with Crippen molar-refractivity contribution < 1.29 is 14.1 Å². The van der Waals surface area contributed by atoms with E-state index in [9.17, 15) is 14.5 Å². The average molecular weight is 513 g/mol. The Bertz CT molecular complexity index is 1360. The van der Waals surface area contributed by atoms with E-state index in [-0.39, 0.29) is 28.9 Å². The maximum Gasteiger partial charge on any atom is 0.220 e. The fraction of sp³-hybridized carbons (Fsp3) is 0.200. The minimum atomic E-state index is -0.574. The summed E-state index contributed by atoms with van der Waals surface area (Å²) in [6.45, 7) is 3.50. The number of aromatic nitrogens is 3. The van der Waals surface area contributed by atoms with Gasteiger partial charge in [0.25, 0.3) is 0 Å². The van der Waals surface area contributed by atoms with E-state index in [1.165, 1.54) is 17.8 Å². The predicted molar refractivity (Wildman–Crippen MR) is 133 cm³/mol. The van der Waals surface area contributed by atoms with E-state index in [1.807, 2.05) is 42.7 Å². The highest BCUT2D eigenvalue weighted by Gasteiger charge is 2.24. The molecule has 0 aliphatic carbocycles. The van der Waals surface area contributed by atoms with Crippen molar-refractivity contribution in [3.63, 3.8) is 0 Å². The molecule has 0 amide bonds. The molecule has 3 aromatic carbocycles. The standard InChI is InChI=1S/C25H22ClFN4O3S/c1-16-6-5-8-20(12-16)31-17(2)28-29-25(31)35-24(14-30(32)33)18-10-11-23(21(26)13-18)34-15-19-7-3-4-9-22(19)27/h3-13,24H,14-15H2,1-2H3/t24-/m0/s1. The van der Waals surface area contributed by atoms with Crippen LogP contribution in [-0.4, -0.2) is 26.2 Å². The van der Waals surface area contributed by atoms with Crippen LogP contribution in [0.25, 0.3) is 5.69 Å². The molecule has 35 heavy (non-hydrogen) atoms. The molecule has 10 heteroatoms. The molecule has 0 N–H and O–H groups in total. The maximum atomic E-state index is 13.9. The lowest BCUT2D eigenvalue weighted by atomic mass is 10.1. The minimum Gasteiger partial charge on any atom is -0.487 e. The fourth-order valence-corrected chi connectivity index (χ4v) is 4.97. The van der Waals surface area contributed by atoms with E-state index in [0.717, 1.165) is 11.3 Å². The van der Waals surface area contributed by atoms with Crippen molar-refractivity contribution in [3.8, 4) is 11.4 Å². The van der Waals surface area contributed by atoms with Crippen LogP contribution in [0.4, 0.5) is 4.39 Å². The van der Waals surface area contributed by atoms with Crippen LogP contribution in [0.1, 0.15) is 27.8 Å². The summed E-state index contributed by atoms with van der Waals surface area (Å²) in [7, 11) is 0. The smallest absolute Gasteiger partial charge is 0.220 e. The number of ether oxygens (including phenoxy) is 1. The average Bonchev–Trinajstić information content (AvgIpc) is 3.18. The molecule has 4 rings (SSSR count). The van der Waals surface area contributed by atoms with Crippen LogP contribution >= 0.6 is 23.4 Å². The van der Waals surface area contributed by atoms with Crippen molar-refractivity contribution in [1.29, 1.82) is 0 Å². The molecular formula is C25H22ClFN4O3S. The third kappa shape index (κ3) is 5.98. The number of nitrogens with zero attached hydrogens (tertiary/aromatic N) is 4. The molecule has 180 valence electrons. The molecule has 0 saturated carbocycles. The first-order chi connectivity index (χ1) is 16.8. The first-order valence-corrected chi connectivity index (χ1v) is 12.0. The van der Waals surface area contributed by atoms with Crippen LogP contribution in [0.15, 0.2) is 71.9 Å². The van der Waals surface area contributed by atoms with Crippen LogP contribution in [0.2, 0.25) is 5.02 Å². The van der Waals surface area contributed by atoms with Gasteiger partial charge >= 0.3 is 0 Å². The quantitative estimate of drug-likeness (QED) is 0.147. The Morgan fingerprint density at radius 1 is 1.11 bits per heavy atom. The van der Waals surface area contributed by atoms with Crippen molar-refractivity contribution in [2.24, 2.45) is 0 Å². The summed E-state index contributed by atoms with van der Waals surface area (Å²) >= 11 is 7.68. The summed E-state index contributed by atoms with van der Waals surface area (Å²) in [6, 6.07) is 19.2. The van der Waals surface area contributed by atoms with Crippen LogP contribution in [0, 0.1) is 29.8 Å². The Labute approximate surface area is 211 Å². The second-order valence-electron chi connectivity index (χ2n) is 7.90. The van der Waals surface area contributed by atoms with Gasteiger partial charge in [-0.2, -0.15) is 0 Å². The molecule has 0 spiro atoms. The number of nitro groups is 1. The number of halogens is 2. The van der Waals surface area contributed by atoms with Gasteiger partial charge in [0, 0.05) is 16.2 Å². The summed E-state index contributed by atoms with van der Waals surface area (Å²) < 4.78 is 21.4. The van der Waals surface area contributed by atoms with Gasteiger partial charge in [0.15, 0.2) is 5.16 Å². The minimum absolute atomic E-state index is 0.0116. The van der Waals surface area contributed by atoms with Gasteiger partial charge in [-0.1, -0.05) is 59.8 Å². The Morgan fingerprint density at radius 3 is 2.63 bits per heavy atom. The topological polar surface area (TPSA) is 83.1 Å². The monoisotopic (exact) mass is 512 g/mol. The van der Waals surface area contributed by atoms with E-state index in [0.29, 0.717) is 27.9 Å². The van der Waals surface area contributed by atoms with Gasteiger partial charge in [0.1, 0.15) is 29.2 Å². The maximum absolute atomic E-state index is 13.9. The highest BCUT2D eigenvalue weighted by Crippen LogP contribution is 2.38. The van der Waals surface area contributed by atoms with Crippen LogP contribution in [0.5, 0.6) is 5.75 Å². The normalized spacial score (nSPS) is 11.9. The lowest BCUT2D eigenvalue weighted by Gasteiger charge is -2.16. The van der Waals surface area contributed by atoms with Crippen LogP contribution in [0.3, 0.4) is 0 Å². The number of hydrogen-bond donors (Lipinski definition) is 0. The third-order valence-electron chi connectivity index (χ3n) is 5.29. The molecule has 1 heterocycles. The highest BCUT2D eigenvalue weighted by atomic mass is 35.5. The van der Waals surface area contributed by atoms with Crippen molar-refractivity contribution in [1.82, 2.24) is 14.8 Å². The predicted octanol–water partition coefficient (Wildman–Crippen LogP) is 6.37. The second kappa shape index (κ2) is 10.9. The molecule has 1 aromatic heterocycles. The number of rotatable bonds is 9. The van der Waals surface area contributed by atoms with Gasteiger partial charge in [-0.15, -0.1) is 10.2 Å². The highest BCUT2D eigenvalue weighted by molar-refractivity contribution is 7.99. The summed E-state index contributed by atoms with van der Waals surface area (Å²) in [5.74, 6) is 0.672. The van der Waals surface area contributed by atoms with Crippen molar-refractivity contribution in [2.45, 2.75) is 30.9 Å². The summed E-state index contributed by atoms with van der Waals surface area (Å²) in [6.07, 6.45) is 0. The SMILES string of the molecule is Cc1cccc(-n2c(C)nnc2S[C@@H](C[N+](=O)[O-])c2ccc(OCc3ccccc3F)c(Cl)c2)c1. The number of hydrogen-bond acceptors (Lipinski definition) is 6. The van der Waals surface area contributed by atoms with Crippen LogP contribution in [-0.2, 0) is 6.61 Å². The van der Waals surface area contributed by atoms with E-state index in [1.54, 1.807) is 36.4 Å². The molecule has 0 aliphatic rings. The molecular weight excluding hydrogens is 491 g/mol. The molecule has 0 saturated heterocycles. The molecule has 0 radical (unpaired) electrons. The first kappa shape index (κ1) is 24.7. The largest absolute Gasteiger partial charge is 0.487 e. The van der Waals surface area contributed by atoms with E-state index >= 15 is 0 Å².